The fourth-order valence-electron chi connectivity index (χ4n) is 6.13. The van der Waals surface area contributed by atoms with Gasteiger partial charge in [-0.2, -0.15) is 0 Å². The zero-order chi connectivity index (χ0) is 27.7. The Balaban J connectivity index is 1.46. The Morgan fingerprint density at radius 1 is 1.08 bits per heavy atom. The van der Waals surface area contributed by atoms with Crippen LogP contribution in [0.4, 0.5) is 9.59 Å². The number of hydrogen-bond acceptors (Lipinski definition) is 6. The summed E-state index contributed by atoms with van der Waals surface area (Å²) in [5, 5.41) is 21.1. The first-order chi connectivity index (χ1) is 18.8. The molecule has 10 heteroatoms. The summed E-state index contributed by atoms with van der Waals surface area (Å²) < 4.78 is 18.1. The number of aromatic nitrogens is 1. The Morgan fingerprint density at radius 2 is 1.82 bits per heavy atom. The SMILES string of the molecule is CCC1C(OCc2ccc(OC)cc2)OC(=O)C[C@H]1CC1c2c(c3ccccc3n2C(=O)O)CCN1C(=O)O. The van der Waals surface area contributed by atoms with Crippen molar-refractivity contribution in [3.05, 3.63) is 65.4 Å². The Bertz CT molecular complexity index is 1380. The molecule has 2 aromatic carbocycles. The van der Waals surface area contributed by atoms with Gasteiger partial charge in [-0.1, -0.05) is 37.3 Å². The molecule has 1 fully saturated rings. The predicted octanol–water partition coefficient (Wildman–Crippen LogP) is 5.28. The molecule has 2 aliphatic rings. The van der Waals surface area contributed by atoms with Crippen molar-refractivity contribution in [3.8, 4) is 5.75 Å². The number of benzene rings is 2. The van der Waals surface area contributed by atoms with Crippen LogP contribution in [-0.2, 0) is 27.3 Å². The largest absolute Gasteiger partial charge is 0.497 e. The van der Waals surface area contributed by atoms with Gasteiger partial charge in [0.2, 0.25) is 6.29 Å². The minimum absolute atomic E-state index is 0.105. The van der Waals surface area contributed by atoms with Gasteiger partial charge in [0.1, 0.15) is 5.75 Å². The van der Waals surface area contributed by atoms with Crippen LogP contribution < -0.4 is 4.74 Å². The van der Waals surface area contributed by atoms with Crippen molar-refractivity contribution in [2.45, 2.75) is 51.5 Å². The molecule has 0 bridgehead atoms. The fraction of sp³-hybridized carbons (Fsp3) is 0.414. The lowest BCUT2D eigenvalue weighted by molar-refractivity contribution is -0.217. The van der Waals surface area contributed by atoms with Crippen molar-refractivity contribution in [1.29, 1.82) is 0 Å². The molecule has 0 saturated carbocycles. The molecule has 5 rings (SSSR count). The molecular formula is C29H32N2O8. The molecule has 0 aliphatic carbocycles. The van der Waals surface area contributed by atoms with Gasteiger partial charge in [0.05, 0.1) is 31.0 Å². The minimum Gasteiger partial charge on any atom is -0.497 e. The summed E-state index contributed by atoms with van der Waals surface area (Å²) in [5.74, 6) is -0.149. The van der Waals surface area contributed by atoms with Crippen molar-refractivity contribution < 1.29 is 38.8 Å². The van der Waals surface area contributed by atoms with Crippen LogP contribution in [0.25, 0.3) is 10.9 Å². The van der Waals surface area contributed by atoms with E-state index in [9.17, 15) is 24.6 Å². The van der Waals surface area contributed by atoms with Crippen LogP contribution in [0.1, 0.15) is 49.0 Å². The van der Waals surface area contributed by atoms with Crippen LogP contribution in [0.2, 0.25) is 0 Å². The molecule has 3 aromatic rings. The second-order valence-corrected chi connectivity index (χ2v) is 10.0. The van der Waals surface area contributed by atoms with Crippen LogP contribution in [0.5, 0.6) is 5.75 Å². The summed E-state index contributed by atoms with van der Waals surface area (Å²) in [7, 11) is 1.59. The third kappa shape index (κ3) is 5.04. The Morgan fingerprint density at radius 3 is 2.49 bits per heavy atom. The molecular weight excluding hydrogens is 504 g/mol. The molecule has 0 radical (unpaired) electrons. The fourth-order valence-corrected chi connectivity index (χ4v) is 6.13. The van der Waals surface area contributed by atoms with Gasteiger partial charge in [0, 0.05) is 24.3 Å². The van der Waals surface area contributed by atoms with E-state index in [0.717, 1.165) is 22.3 Å². The van der Waals surface area contributed by atoms with Gasteiger partial charge in [0.15, 0.2) is 0 Å². The monoisotopic (exact) mass is 536 g/mol. The summed E-state index contributed by atoms with van der Waals surface area (Å²) in [6.07, 6.45) is -1.65. The topological polar surface area (TPSA) is 128 Å². The third-order valence-electron chi connectivity index (χ3n) is 7.95. The Labute approximate surface area is 225 Å². The number of carboxylic acid groups (broad SMARTS) is 2. The van der Waals surface area contributed by atoms with E-state index in [1.165, 1.54) is 9.47 Å². The number of esters is 1. The molecule has 0 spiro atoms. The summed E-state index contributed by atoms with van der Waals surface area (Å²) >= 11 is 0. The molecule has 2 aliphatic heterocycles. The first-order valence-electron chi connectivity index (χ1n) is 13.1. The molecule has 3 heterocycles. The van der Waals surface area contributed by atoms with E-state index in [-0.39, 0.29) is 37.8 Å². The summed E-state index contributed by atoms with van der Waals surface area (Å²) in [5.41, 5.74) is 2.72. The van der Waals surface area contributed by atoms with Gasteiger partial charge in [-0.05, 0) is 54.5 Å². The maximum Gasteiger partial charge on any atom is 0.416 e. The number of carbonyl (C=O) groups is 3. The van der Waals surface area contributed by atoms with Crippen LogP contribution in [0, 0.1) is 11.8 Å². The molecule has 39 heavy (non-hydrogen) atoms. The van der Waals surface area contributed by atoms with Crippen LogP contribution in [0.15, 0.2) is 48.5 Å². The number of hydrogen-bond donors (Lipinski definition) is 2. The number of fused-ring (bicyclic) bond motifs is 3. The number of ether oxygens (including phenoxy) is 3. The van der Waals surface area contributed by atoms with E-state index in [2.05, 4.69) is 0 Å². The maximum absolute atomic E-state index is 12.7. The highest BCUT2D eigenvalue weighted by atomic mass is 16.7. The second kappa shape index (κ2) is 11.0. The van der Waals surface area contributed by atoms with Gasteiger partial charge in [-0.3, -0.25) is 9.69 Å². The van der Waals surface area contributed by atoms with Gasteiger partial charge < -0.3 is 24.4 Å². The van der Waals surface area contributed by atoms with Gasteiger partial charge in [0.25, 0.3) is 0 Å². The normalized spacial score (nSPS) is 22.8. The molecule has 4 atom stereocenters. The van der Waals surface area contributed by atoms with Gasteiger partial charge >= 0.3 is 18.2 Å². The van der Waals surface area contributed by atoms with E-state index >= 15 is 0 Å². The average Bonchev–Trinajstić information content (AvgIpc) is 3.27. The van der Waals surface area contributed by atoms with Crippen LogP contribution >= 0.6 is 0 Å². The predicted molar refractivity (Wildman–Crippen MR) is 141 cm³/mol. The second-order valence-electron chi connectivity index (χ2n) is 10.0. The van der Waals surface area contributed by atoms with E-state index in [1.54, 1.807) is 19.2 Å². The number of rotatable bonds is 7. The summed E-state index contributed by atoms with van der Waals surface area (Å²) in [6.45, 7) is 2.45. The molecule has 10 nitrogen and oxygen atoms in total. The van der Waals surface area contributed by atoms with E-state index in [0.29, 0.717) is 24.1 Å². The number of amides is 1. The summed E-state index contributed by atoms with van der Waals surface area (Å²) in [6, 6.07) is 13.9. The highest BCUT2D eigenvalue weighted by Crippen LogP contribution is 2.44. The van der Waals surface area contributed by atoms with Crippen LogP contribution in [0.3, 0.4) is 0 Å². The van der Waals surface area contributed by atoms with Crippen molar-refractivity contribution in [1.82, 2.24) is 9.47 Å². The number of para-hydroxylation sites is 1. The first kappa shape index (κ1) is 26.6. The quantitative estimate of drug-likeness (QED) is 0.391. The molecule has 1 saturated heterocycles. The lowest BCUT2D eigenvalue weighted by atomic mass is 9.78. The standard InChI is InChI=1S/C29H32N2O8/c1-3-20-18(15-25(32)39-27(20)38-16-17-8-10-19(37-2)11-9-17)14-24-26-22(12-13-30(24)28(33)34)21-6-4-5-7-23(21)31(26)29(35)36/h4-11,18,20,24,27H,3,12-16H2,1-2H3,(H,33,34)(H,35,36)/t18-,20?,24?,27?/m1/s1. The van der Waals surface area contributed by atoms with Crippen molar-refractivity contribution in [3.63, 3.8) is 0 Å². The third-order valence-corrected chi connectivity index (χ3v) is 7.95. The molecule has 206 valence electrons. The van der Waals surface area contributed by atoms with Crippen molar-refractivity contribution >= 4 is 29.1 Å². The number of methoxy groups -OCH3 is 1. The van der Waals surface area contributed by atoms with Crippen LogP contribution in [-0.4, -0.2) is 57.8 Å². The smallest absolute Gasteiger partial charge is 0.416 e. The molecule has 1 aromatic heterocycles. The lowest BCUT2D eigenvalue weighted by Crippen LogP contribution is -2.45. The summed E-state index contributed by atoms with van der Waals surface area (Å²) in [4.78, 5) is 38.8. The van der Waals surface area contributed by atoms with E-state index in [1.807, 2.05) is 43.3 Å². The zero-order valence-corrected chi connectivity index (χ0v) is 21.9. The molecule has 2 N–H and O–H groups in total. The Kier molecular flexibility index (Phi) is 7.47. The lowest BCUT2D eigenvalue weighted by Gasteiger charge is -2.41. The highest BCUT2D eigenvalue weighted by molar-refractivity contribution is 5.94. The van der Waals surface area contributed by atoms with E-state index in [4.69, 9.17) is 14.2 Å². The van der Waals surface area contributed by atoms with Gasteiger partial charge in [-0.15, -0.1) is 0 Å². The highest BCUT2D eigenvalue weighted by Gasteiger charge is 2.44. The number of cyclic esters (lactones) is 1. The van der Waals surface area contributed by atoms with Crippen molar-refractivity contribution in [2.24, 2.45) is 11.8 Å². The van der Waals surface area contributed by atoms with E-state index < -0.39 is 30.5 Å². The minimum atomic E-state index is -1.17. The first-order valence-corrected chi connectivity index (χ1v) is 13.1. The molecule has 1 amide bonds. The Hall–Kier alpha value is -4.05. The number of carbonyl (C=O) groups excluding carboxylic acids is 1. The maximum atomic E-state index is 12.7. The molecule has 3 unspecified atom stereocenters. The zero-order valence-electron chi connectivity index (χ0n) is 21.9. The average molecular weight is 537 g/mol. The van der Waals surface area contributed by atoms with Crippen molar-refractivity contribution in [2.75, 3.05) is 13.7 Å². The van der Waals surface area contributed by atoms with Gasteiger partial charge in [-0.25, -0.2) is 14.2 Å². The number of nitrogens with zero attached hydrogens (tertiary/aromatic N) is 2.